The van der Waals surface area contributed by atoms with Crippen molar-refractivity contribution >= 4 is 23.4 Å². The zero-order valence-corrected chi connectivity index (χ0v) is 8.97. The highest BCUT2D eigenvalue weighted by Gasteiger charge is 2.23. The molecule has 0 bridgehead atoms. The van der Waals surface area contributed by atoms with Gasteiger partial charge in [-0.2, -0.15) is 0 Å². The lowest BCUT2D eigenvalue weighted by molar-refractivity contribution is -0.129. The molecular weight excluding hydrogens is 212 g/mol. The van der Waals surface area contributed by atoms with Crippen LogP contribution in [0.1, 0.15) is 6.92 Å². The van der Waals surface area contributed by atoms with Crippen LogP contribution >= 0.6 is 11.8 Å². The largest absolute Gasteiger partial charge is 0.476 e. The smallest absolute Gasteiger partial charge is 0.355 e. The van der Waals surface area contributed by atoms with E-state index in [4.69, 9.17) is 5.11 Å². The Morgan fingerprint density at radius 3 is 3.07 bits per heavy atom. The van der Waals surface area contributed by atoms with Gasteiger partial charge in [-0.1, -0.05) is 11.8 Å². The predicted molar refractivity (Wildman–Crippen MR) is 59.3 cm³/mol. The Balaban J connectivity index is 2.24. The number of carbonyl (C=O) groups is 1. The fourth-order valence-corrected chi connectivity index (χ4v) is 2.32. The van der Waals surface area contributed by atoms with Crippen molar-refractivity contribution in [3.05, 3.63) is 28.9 Å². The third kappa shape index (κ3) is 1.97. The van der Waals surface area contributed by atoms with E-state index in [2.05, 4.69) is 9.98 Å². The molecule has 0 amide bonds. The number of thioether (sulfide) groups is 1. The van der Waals surface area contributed by atoms with E-state index in [1.165, 1.54) is 11.8 Å². The SMILES string of the molecule is CC1=C(Sc2cc[nH]c2)C(C(=O)O)=NC1. The number of aromatic nitrogens is 1. The third-order valence-corrected chi connectivity index (χ3v) is 3.30. The molecule has 0 atom stereocenters. The van der Waals surface area contributed by atoms with Gasteiger partial charge in [-0.05, 0) is 18.6 Å². The minimum absolute atomic E-state index is 0.179. The lowest BCUT2D eigenvalue weighted by Gasteiger charge is -2.02. The lowest BCUT2D eigenvalue weighted by Crippen LogP contribution is -2.12. The van der Waals surface area contributed by atoms with Crippen molar-refractivity contribution in [2.75, 3.05) is 6.54 Å². The summed E-state index contributed by atoms with van der Waals surface area (Å²) < 4.78 is 0. The van der Waals surface area contributed by atoms with E-state index in [1.807, 2.05) is 25.4 Å². The number of hydrogen-bond acceptors (Lipinski definition) is 3. The van der Waals surface area contributed by atoms with Gasteiger partial charge >= 0.3 is 5.97 Å². The van der Waals surface area contributed by atoms with Crippen LogP contribution in [0.2, 0.25) is 0 Å². The van der Waals surface area contributed by atoms with Gasteiger partial charge in [0.25, 0.3) is 0 Å². The molecule has 2 rings (SSSR count). The molecule has 5 heteroatoms. The first-order valence-electron chi connectivity index (χ1n) is 4.47. The van der Waals surface area contributed by atoms with Gasteiger partial charge in [0.15, 0.2) is 5.71 Å². The molecule has 1 aromatic rings. The minimum Gasteiger partial charge on any atom is -0.476 e. The van der Waals surface area contributed by atoms with Crippen molar-refractivity contribution in [1.29, 1.82) is 0 Å². The lowest BCUT2D eigenvalue weighted by atomic mass is 10.3. The first-order valence-corrected chi connectivity index (χ1v) is 5.28. The van der Waals surface area contributed by atoms with Crippen molar-refractivity contribution in [3.63, 3.8) is 0 Å². The van der Waals surface area contributed by atoms with Gasteiger partial charge in [-0.15, -0.1) is 0 Å². The molecule has 78 valence electrons. The van der Waals surface area contributed by atoms with Crippen LogP contribution < -0.4 is 0 Å². The Kier molecular flexibility index (Phi) is 2.64. The summed E-state index contributed by atoms with van der Waals surface area (Å²) in [6, 6.07) is 1.91. The van der Waals surface area contributed by atoms with Crippen molar-refractivity contribution in [1.82, 2.24) is 4.98 Å². The number of carboxylic acids is 1. The molecule has 0 saturated heterocycles. The molecule has 4 nitrogen and oxygen atoms in total. The molecule has 0 unspecified atom stereocenters. The number of aliphatic carboxylic acids is 1. The summed E-state index contributed by atoms with van der Waals surface area (Å²) in [5, 5.41) is 8.94. The Labute approximate surface area is 91.1 Å². The first kappa shape index (κ1) is 10.0. The number of rotatable bonds is 3. The number of H-pyrrole nitrogens is 1. The van der Waals surface area contributed by atoms with Gasteiger partial charge in [0.05, 0.1) is 6.54 Å². The topological polar surface area (TPSA) is 65.5 Å². The number of nitrogens with zero attached hydrogens (tertiary/aromatic N) is 1. The monoisotopic (exact) mass is 222 g/mol. The van der Waals surface area contributed by atoms with Crippen LogP contribution in [0.4, 0.5) is 0 Å². The van der Waals surface area contributed by atoms with Gasteiger partial charge in [0.2, 0.25) is 0 Å². The summed E-state index contributed by atoms with van der Waals surface area (Å²) in [7, 11) is 0. The van der Waals surface area contributed by atoms with E-state index in [-0.39, 0.29) is 5.71 Å². The molecule has 0 aromatic carbocycles. The second kappa shape index (κ2) is 3.94. The molecule has 1 aromatic heterocycles. The summed E-state index contributed by atoms with van der Waals surface area (Å²) in [6.07, 6.45) is 3.65. The Hall–Kier alpha value is -1.49. The first-order chi connectivity index (χ1) is 7.18. The molecule has 1 aliphatic rings. The van der Waals surface area contributed by atoms with Crippen LogP contribution in [-0.4, -0.2) is 28.3 Å². The van der Waals surface area contributed by atoms with E-state index in [9.17, 15) is 4.79 Å². The average molecular weight is 222 g/mol. The summed E-state index contributed by atoms with van der Waals surface area (Å²) in [5.41, 5.74) is 1.19. The van der Waals surface area contributed by atoms with E-state index in [0.717, 1.165) is 15.4 Å². The maximum absolute atomic E-state index is 10.9. The average Bonchev–Trinajstić information content (AvgIpc) is 2.78. The second-order valence-electron chi connectivity index (χ2n) is 3.23. The van der Waals surface area contributed by atoms with Crippen molar-refractivity contribution in [2.24, 2.45) is 4.99 Å². The molecule has 2 N–H and O–H groups in total. The van der Waals surface area contributed by atoms with Crippen LogP contribution in [0.25, 0.3) is 0 Å². The van der Waals surface area contributed by atoms with E-state index in [1.54, 1.807) is 0 Å². The zero-order valence-electron chi connectivity index (χ0n) is 8.15. The molecule has 0 radical (unpaired) electrons. The number of nitrogens with one attached hydrogen (secondary N) is 1. The van der Waals surface area contributed by atoms with Gasteiger partial charge in [0, 0.05) is 22.2 Å². The summed E-state index contributed by atoms with van der Waals surface area (Å²) in [5.74, 6) is -0.954. The molecule has 15 heavy (non-hydrogen) atoms. The summed E-state index contributed by atoms with van der Waals surface area (Å²) in [4.78, 5) is 19.6. The normalized spacial score (nSPS) is 15.7. The fraction of sp³-hybridized carbons (Fsp3) is 0.200. The van der Waals surface area contributed by atoms with Crippen molar-refractivity contribution in [3.8, 4) is 0 Å². The molecule has 2 heterocycles. The maximum atomic E-state index is 10.9. The number of aromatic amines is 1. The highest BCUT2D eigenvalue weighted by atomic mass is 32.2. The molecule has 1 aliphatic heterocycles. The molecule has 0 fully saturated rings. The van der Waals surface area contributed by atoms with Crippen LogP contribution in [-0.2, 0) is 4.79 Å². The van der Waals surface area contributed by atoms with E-state index < -0.39 is 5.97 Å². The van der Waals surface area contributed by atoms with Crippen molar-refractivity contribution in [2.45, 2.75) is 11.8 Å². The molecule has 0 saturated carbocycles. The quantitative estimate of drug-likeness (QED) is 0.821. The Morgan fingerprint density at radius 2 is 2.47 bits per heavy atom. The van der Waals surface area contributed by atoms with Gasteiger partial charge < -0.3 is 10.1 Å². The number of carboxylic acid groups (broad SMARTS) is 1. The second-order valence-corrected chi connectivity index (χ2v) is 4.31. The van der Waals surface area contributed by atoms with Crippen LogP contribution in [0, 0.1) is 0 Å². The Bertz CT molecular complexity index is 446. The standard InChI is InChI=1S/C10H10N2O2S/c1-6-4-12-8(10(13)14)9(6)15-7-2-3-11-5-7/h2-3,5,11H,4H2,1H3,(H,13,14). The zero-order chi connectivity index (χ0) is 10.8. The van der Waals surface area contributed by atoms with E-state index in [0.29, 0.717) is 6.54 Å². The summed E-state index contributed by atoms with van der Waals surface area (Å²) >= 11 is 1.44. The van der Waals surface area contributed by atoms with Crippen molar-refractivity contribution < 1.29 is 9.90 Å². The Morgan fingerprint density at radius 1 is 1.67 bits per heavy atom. The van der Waals surface area contributed by atoms with Gasteiger partial charge in [-0.25, -0.2) is 4.79 Å². The van der Waals surface area contributed by atoms with Crippen LogP contribution in [0.3, 0.4) is 0 Å². The van der Waals surface area contributed by atoms with Gasteiger partial charge in [0.1, 0.15) is 0 Å². The minimum atomic E-state index is -0.954. The van der Waals surface area contributed by atoms with Crippen LogP contribution in [0.5, 0.6) is 0 Å². The predicted octanol–water partition coefficient (Wildman–Crippen LogP) is 1.92. The van der Waals surface area contributed by atoms with Gasteiger partial charge in [-0.3, -0.25) is 4.99 Å². The molecule has 0 spiro atoms. The maximum Gasteiger partial charge on any atom is 0.355 e. The van der Waals surface area contributed by atoms with Crippen LogP contribution in [0.15, 0.2) is 38.8 Å². The number of hydrogen-bond donors (Lipinski definition) is 2. The summed E-state index contributed by atoms with van der Waals surface area (Å²) in [6.45, 7) is 2.41. The third-order valence-electron chi connectivity index (χ3n) is 2.07. The fourth-order valence-electron chi connectivity index (χ4n) is 1.33. The molecule has 0 aliphatic carbocycles. The number of aliphatic imine (C=N–C) groups is 1. The highest BCUT2D eigenvalue weighted by molar-refractivity contribution is 8.04. The molecular formula is C10H10N2O2S. The highest BCUT2D eigenvalue weighted by Crippen LogP contribution is 2.32. The van der Waals surface area contributed by atoms with E-state index >= 15 is 0 Å².